The normalized spacial score (nSPS) is 31.5. The molecule has 0 aromatic carbocycles. The molecule has 0 saturated carbocycles. The van der Waals surface area contributed by atoms with Gasteiger partial charge in [-0.15, -0.1) is 0 Å². The zero-order valence-corrected chi connectivity index (χ0v) is 59.2. The lowest BCUT2D eigenvalue weighted by Crippen LogP contribution is -2.64. The second-order valence-corrected chi connectivity index (χ2v) is 30.5. The molecule has 4 fully saturated rings. The van der Waals surface area contributed by atoms with Crippen LogP contribution in [0.25, 0.3) is 11.2 Å². The third kappa shape index (κ3) is 29.8. The maximum atomic E-state index is 14.0. The van der Waals surface area contributed by atoms with E-state index < -0.39 is 280 Å². The molecule has 0 spiro atoms. The van der Waals surface area contributed by atoms with Gasteiger partial charge in [-0.3, -0.25) is 54.6 Å². The predicted octanol–water partition coefficient (Wildman–Crippen LogP) is -0.536. The van der Waals surface area contributed by atoms with Crippen LogP contribution >= 0.6 is 39.1 Å². The molecule has 23 atom stereocenters. The number of aliphatic hydroxyl groups excluding tert-OH is 9. The summed E-state index contributed by atoms with van der Waals surface area (Å²) in [6.07, 6.45) is -19.4. The molecule has 1 amide bonds. The molecule has 0 bridgehead atoms. The van der Waals surface area contributed by atoms with Crippen LogP contribution in [0, 0.1) is 24.2 Å². The molecular weight excluding hydrogens is 1510 g/mol. The minimum atomic E-state index is -5.51. The number of carbonyl (C=O) groups excluding carboxylic acids is 1. The third-order valence-electron chi connectivity index (χ3n) is 15.2. The predicted molar refractivity (Wildman–Crippen MR) is 351 cm³/mol. The van der Waals surface area contributed by atoms with Crippen molar-refractivity contribution in [3.8, 4) is 0 Å². The molecule has 0 aliphatic carbocycles. The summed E-state index contributed by atoms with van der Waals surface area (Å²) in [6.45, 7) is -6.08. The van der Waals surface area contributed by atoms with Crippen molar-refractivity contribution in [2.75, 3.05) is 113 Å². The Morgan fingerprint density at radius 3 is 1.41 bits per heavy atom. The molecule has 15 N–H and O–H groups in total. The van der Waals surface area contributed by atoms with Crippen LogP contribution in [0.1, 0.15) is 82.7 Å². The molecule has 4 aliphatic heterocycles. The van der Waals surface area contributed by atoms with Crippen LogP contribution in [-0.2, 0) is 120 Å². The SMILES string of the molecule is C.C.C.C.CC(=O)NC1[C@H](OCCOP(=O)(O)OCOCC(COCOP(=O)(O)OCCO[C@@H]2OC(CO)[C@H](O)[C@H](O)C2C)(COCOP(=O)(O)OCCO[C@@H]2OC(CO)[C@H](O)[C@H](O)C2C)COP(=O)(O)OC[C@H]2O[C@@H](n3cnc4c(C)ncnc43)C[C@@H]2OP(=O)(O)OC(C)C)OC(CO)[C@H](O)[C@@H]1O. The van der Waals surface area contributed by atoms with Gasteiger partial charge < -0.3 is 123 Å². The number of nitrogens with one attached hydrogen (secondary N) is 1. The molecule has 4 aliphatic rings. The summed E-state index contributed by atoms with van der Waals surface area (Å²) < 4.78 is 175. The van der Waals surface area contributed by atoms with Gasteiger partial charge in [0.1, 0.15) is 79.0 Å². The Kier molecular flexibility index (Phi) is 42.1. The molecule has 2 aromatic heterocycles. The molecule has 45 nitrogen and oxygen atoms in total. The Hall–Kier alpha value is -2.19. The maximum Gasteiger partial charge on any atom is 0.474 e. The first-order valence-corrected chi connectivity index (χ1v) is 38.1. The molecule has 4 saturated heterocycles. The maximum absolute atomic E-state index is 14.0. The highest BCUT2D eigenvalue weighted by Crippen LogP contribution is 2.52. The lowest BCUT2D eigenvalue weighted by Gasteiger charge is -2.42. The number of amides is 1. The van der Waals surface area contributed by atoms with Gasteiger partial charge in [-0.05, 0) is 20.8 Å². The number of aryl methyl sites for hydroxylation is 1. The van der Waals surface area contributed by atoms with Gasteiger partial charge in [0.05, 0.1) is 128 Å². The summed E-state index contributed by atoms with van der Waals surface area (Å²) in [7, 11) is -25.8. The van der Waals surface area contributed by atoms with Gasteiger partial charge in [0.25, 0.3) is 0 Å². The monoisotopic (exact) mass is 1620 g/mol. The average molecular weight is 1620 g/mol. The first-order chi connectivity index (χ1) is 46.9. The first-order valence-electron chi connectivity index (χ1n) is 30.6. The van der Waals surface area contributed by atoms with Gasteiger partial charge in [0.15, 0.2) is 44.9 Å². The minimum Gasteiger partial charge on any atom is -0.394 e. The molecule has 11 unspecified atom stereocenters. The summed E-state index contributed by atoms with van der Waals surface area (Å²) in [5, 5.41) is 93.1. The van der Waals surface area contributed by atoms with Crippen molar-refractivity contribution < 1.29 is 191 Å². The van der Waals surface area contributed by atoms with Gasteiger partial charge in [-0.2, -0.15) is 0 Å². The van der Waals surface area contributed by atoms with Crippen LogP contribution in [0.5, 0.6) is 0 Å². The van der Waals surface area contributed by atoms with Gasteiger partial charge in [0.2, 0.25) is 5.91 Å². The second-order valence-electron chi connectivity index (χ2n) is 23.3. The first kappa shape index (κ1) is 97.9. The Balaban J connectivity index is 0.00000919. The molecule has 612 valence electrons. The van der Waals surface area contributed by atoms with Crippen molar-refractivity contribution in [2.24, 2.45) is 17.3 Å². The van der Waals surface area contributed by atoms with E-state index >= 15 is 0 Å². The fraction of sp³-hybridized carbons (Fsp3) is 0.889. The topological polar surface area (TPSA) is 626 Å². The molecule has 0 radical (unpaired) electrons. The van der Waals surface area contributed by atoms with E-state index in [1.54, 1.807) is 6.92 Å². The Labute approximate surface area is 600 Å². The summed E-state index contributed by atoms with van der Waals surface area (Å²) in [5.41, 5.74) is -1.08. The summed E-state index contributed by atoms with van der Waals surface area (Å²) in [6, 6.07) is -1.40. The van der Waals surface area contributed by atoms with E-state index in [9.17, 15) is 98.0 Å². The molecule has 2 aromatic rings. The lowest BCUT2D eigenvalue weighted by molar-refractivity contribution is -0.283. The summed E-state index contributed by atoms with van der Waals surface area (Å²) >= 11 is 0. The average Bonchev–Trinajstić information content (AvgIpc) is 1.60. The smallest absolute Gasteiger partial charge is 0.394 e. The molecule has 104 heavy (non-hydrogen) atoms. The highest BCUT2D eigenvalue weighted by atomic mass is 31.2. The second kappa shape index (κ2) is 44.7. The molecular formula is C54H106N5O40P5. The third-order valence-corrected chi connectivity index (χ3v) is 20.2. The van der Waals surface area contributed by atoms with E-state index in [0.717, 1.165) is 6.92 Å². The van der Waals surface area contributed by atoms with Crippen molar-refractivity contribution in [3.63, 3.8) is 0 Å². The number of carbonyl (C=O) groups is 1. The highest BCUT2D eigenvalue weighted by Gasteiger charge is 2.49. The van der Waals surface area contributed by atoms with Crippen molar-refractivity contribution in [3.05, 3.63) is 18.3 Å². The minimum absolute atomic E-state index is 0. The Bertz CT molecular complexity index is 3010. The lowest BCUT2D eigenvalue weighted by atomic mass is 9.92. The number of phosphoric ester groups is 5. The van der Waals surface area contributed by atoms with Gasteiger partial charge in [0, 0.05) is 25.2 Å². The highest BCUT2D eigenvalue weighted by molar-refractivity contribution is 7.48. The number of hydrogen-bond donors (Lipinski definition) is 15. The Morgan fingerprint density at radius 2 is 0.981 bits per heavy atom. The number of aromatic nitrogens is 4. The van der Waals surface area contributed by atoms with Crippen molar-refractivity contribution in [1.29, 1.82) is 0 Å². The summed E-state index contributed by atoms with van der Waals surface area (Å²) in [5.74, 6) is -2.39. The van der Waals surface area contributed by atoms with Crippen molar-refractivity contribution in [1.82, 2.24) is 24.8 Å². The van der Waals surface area contributed by atoms with Crippen molar-refractivity contribution >= 4 is 56.2 Å². The van der Waals surface area contributed by atoms with E-state index in [1.165, 1.54) is 44.9 Å². The van der Waals surface area contributed by atoms with Crippen LogP contribution in [0.4, 0.5) is 0 Å². The van der Waals surface area contributed by atoms with E-state index in [-0.39, 0.29) is 41.8 Å². The van der Waals surface area contributed by atoms with E-state index in [1.807, 2.05) is 0 Å². The van der Waals surface area contributed by atoms with Crippen molar-refractivity contribution in [2.45, 2.75) is 182 Å². The number of imidazole rings is 1. The largest absolute Gasteiger partial charge is 0.474 e. The standard InChI is InChI=1S/C50H90N5O40P5.4CH4/c1-27(2)94-100(74,75)95-32-13-37(55-23-53-38-30(5)51-22-52-46(38)55)90-36(32)17-85-99(72,73)86-21-50(18-76-24-87-96(66,67)82-10-7-79-47-28(3)40(60)42(62)33(14-56)91-47,19-77-25-88-97(68,69)83-11-8-80-48-29(4)41(61)43(63)34(15-57)92-48)20-78-26-89-98(70,71)84-12-9-81-49-39(54-31(6)59)45(65)44(64)35(16-58)93-49;;;;/h22-23,27-29,32-37,39-45,47-49,56-58,60-65H,7-21,24-26H2,1-6H3,(H,54,59)(H,66,67)(H,68,69)(H,70,71)(H,72,73)(H,74,75);4*1H4/t28?,29?,32-,33?,34?,35?,36+,37+,39?,40+,41+,42-,43-,44-,45+,47+,48+,49+,50?;;;;/m0..../s1. The fourth-order valence-electron chi connectivity index (χ4n) is 10.0. The van der Waals surface area contributed by atoms with E-state index in [4.69, 9.17) is 92.6 Å². The number of rotatable bonds is 45. The number of aliphatic hydroxyl groups is 9. The number of phosphoric acid groups is 5. The fourth-order valence-corrected chi connectivity index (χ4v) is 13.8. The molecule has 50 heteroatoms. The molecule has 6 rings (SSSR count). The van der Waals surface area contributed by atoms with Gasteiger partial charge in [-0.1, -0.05) is 43.6 Å². The van der Waals surface area contributed by atoms with Crippen LogP contribution < -0.4 is 5.32 Å². The number of hydrogen-bond acceptors (Lipinski definition) is 38. The zero-order valence-electron chi connectivity index (χ0n) is 54.8. The Morgan fingerprint density at radius 1 is 0.558 bits per heavy atom. The van der Waals surface area contributed by atoms with Crippen LogP contribution in [0.2, 0.25) is 0 Å². The quantitative estimate of drug-likeness (QED) is 0.0225. The van der Waals surface area contributed by atoms with E-state index in [0.29, 0.717) is 11.2 Å². The van der Waals surface area contributed by atoms with Crippen LogP contribution in [-0.4, -0.2) is 307 Å². The summed E-state index contributed by atoms with van der Waals surface area (Å²) in [4.78, 5) is 78.3. The van der Waals surface area contributed by atoms with Crippen LogP contribution in [0.3, 0.4) is 0 Å². The van der Waals surface area contributed by atoms with Gasteiger partial charge in [-0.25, -0.2) is 37.8 Å². The number of ether oxygens (including phenoxy) is 10. The van der Waals surface area contributed by atoms with E-state index in [2.05, 4.69) is 20.3 Å². The van der Waals surface area contributed by atoms with Crippen LogP contribution in [0.15, 0.2) is 12.7 Å². The van der Waals surface area contributed by atoms with Gasteiger partial charge >= 0.3 is 39.1 Å². The number of fused-ring (bicyclic) bond motifs is 1. The molecule has 6 heterocycles. The zero-order chi connectivity index (χ0) is 74.0. The number of nitrogens with zero attached hydrogens (tertiary/aromatic N) is 4.